The van der Waals surface area contributed by atoms with E-state index in [9.17, 15) is 0 Å². The van der Waals surface area contributed by atoms with Crippen molar-refractivity contribution >= 4 is 5.95 Å². The summed E-state index contributed by atoms with van der Waals surface area (Å²) in [5.41, 5.74) is 1.48. The van der Waals surface area contributed by atoms with Gasteiger partial charge in [0.15, 0.2) is 0 Å². The maximum atomic E-state index is 5.28. The highest BCUT2D eigenvalue weighted by molar-refractivity contribution is 5.62. The Morgan fingerprint density at radius 2 is 2.11 bits per heavy atom. The molecule has 94 valence electrons. The highest BCUT2D eigenvalue weighted by Crippen LogP contribution is 2.25. The van der Waals surface area contributed by atoms with E-state index in [2.05, 4.69) is 27.2 Å². The molecule has 2 aromatic rings. The molecule has 5 heteroatoms. The smallest absolute Gasteiger partial charge is 0.223 e. The number of pyridine rings is 1. The van der Waals surface area contributed by atoms with E-state index in [1.165, 1.54) is 0 Å². The summed E-state index contributed by atoms with van der Waals surface area (Å²) in [4.78, 5) is 12.9. The van der Waals surface area contributed by atoms with Crippen LogP contribution in [0.2, 0.25) is 0 Å². The summed E-state index contributed by atoms with van der Waals surface area (Å²) in [6.45, 7) is 2.95. The molecule has 0 aromatic carbocycles. The Kier molecular flexibility index (Phi) is 4.06. The van der Waals surface area contributed by atoms with Crippen LogP contribution in [0.3, 0.4) is 0 Å². The highest BCUT2D eigenvalue weighted by Gasteiger charge is 2.08. The molecule has 0 aliphatic rings. The second-order valence-electron chi connectivity index (χ2n) is 3.75. The monoisotopic (exact) mass is 244 g/mol. The predicted octanol–water partition coefficient (Wildman–Crippen LogP) is 2.37. The molecule has 2 aromatic heterocycles. The summed E-state index contributed by atoms with van der Waals surface area (Å²) in [5, 5.41) is 3.15. The van der Waals surface area contributed by atoms with E-state index in [1.807, 2.05) is 18.2 Å². The Morgan fingerprint density at radius 3 is 2.89 bits per heavy atom. The van der Waals surface area contributed by atoms with E-state index in [0.29, 0.717) is 11.7 Å². The van der Waals surface area contributed by atoms with Crippen LogP contribution in [-0.2, 0) is 0 Å². The summed E-state index contributed by atoms with van der Waals surface area (Å²) in [7, 11) is 1.62. The lowest BCUT2D eigenvalue weighted by Crippen LogP contribution is -2.04. The number of nitrogens with one attached hydrogen (secondary N) is 1. The zero-order chi connectivity index (χ0) is 12.8. The largest absolute Gasteiger partial charge is 0.494 e. The minimum atomic E-state index is 0.613. The van der Waals surface area contributed by atoms with Gasteiger partial charge >= 0.3 is 0 Å². The number of nitrogens with zero attached hydrogens (tertiary/aromatic N) is 3. The molecule has 0 aliphatic heterocycles. The number of methoxy groups -OCH3 is 1. The standard InChI is InChI=1S/C13H16N4O/c1-3-7-15-13-16-9-6-10(17-13)12-11(18-2)5-4-8-14-12/h4-6,8-9H,3,7H2,1-2H3,(H,15,16,17). The molecule has 1 N–H and O–H groups in total. The molecule has 2 rings (SSSR count). The SMILES string of the molecule is CCCNc1nccc(-c2ncccc2OC)n1. The van der Waals surface area contributed by atoms with Crippen molar-refractivity contribution in [2.45, 2.75) is 13.3 Å². The molecule has 0 amide bonds. The van der Waals surface area contributed by atoms with Gasteiger partial charge in [0.1, 0.15) is 11.4 Å². The van der Waals surface area contributed by atoms with E-state index in [4.69, 9.17) is 4.74 Å². The van der Waals surface area contributed by atoms with E-state index >= 15 is 0 Å². The van der Waals surface area contributed by atoms with E-state index in [0.717, 1.165) is 24.4 Å². The van der Waals surface area contributed by atoms with Gasteiger partial charge in [0, 0.05) is 18.9 Å². The van der Waals surface area contributed by atoms with Crippen molar-refractivity contribution in [3.05, 3.63) is 30.6 Å². The maximum Gasteiger partial charge on any atom is 0.223 e. The maximum absolute atomic E-state index is 5.28. The summed E-state index contributed by atoms with van der Waals surface area (Å²) in [6.07, 6.45) is 4.47. The molecule has 18 heavy (non-hydrogen) atoms. The van der Waals surface area contributed by atoms with Gasteiger partial charge in [-0.2, -0.15) is 0 Å². The second kappa shape index (κ2) is 5.95. The van der Waals surface area contributed by atoms with Crippen LogP contribution in [0.1, 0.15) is 13.3 Å². The summed E-state index contributed by atoms with van der Waals surface area (Å²) in [6, 6.07) is 5.52. The van der Waals surface area contributed by atoms with Crippen LogP contribution >= 0.6 is 0 Å². The first-order valence-electron chi connectivity index (χ1n) is 5.91. The molecule has 0 aliphatic carbocycles. The number of hydrogen-bond donors (Lipinski definition) is 1. The molecule has 0 fully saturated rings. The van der Waals surface area contributed by atoms with E-state index in [-0.39, 0.29) is 0 Å². The van der Waals surface area contributed by atoms with Gasteiger partial charge in [-0.25, -0.2) is 9.97 Å². The lowest BCUT2D eigenvalue weighted by Gasteiger charge is -2.08. The van der Waals surface area contributed by atoms with Crippen molar-refractivity contribution in [2.75, 3.05) is 19.0 Å². The van der Waals surface area contributed by atoms with Gasteiger partial charge in [0.25, 0.3) is 0 Å². The quantitative estimate of drug-likeness (QED) is 0.875. The van der Waals surface area contributed by atoms with Gasteiger partial charge in [-0.15, -0.1) is 0 Å². The third-order valence-electron chi connectivity index (χ3n) is 2.42. The number of hydrogen-bond acceptors (Lipinski definition) is 5. The molecule has 0 spiro atoms. The molecule has 0 atom stereocenters. The Labute approximate surface area is 106 Å². The molecule has 0 bridgehead atoms. The van der Waals surface area contributed by atoms with E-state index in [1.54, 1.807) is 19.5 Å². The summed E-state index contributed by atoms with van der Waals surface area (Å²) < 4.78 is 5.28. The summed E-state index contributed by atoms with van der Waals surface area (Å²) >= 11 is 0. The lowest BCUT2D eigenvalue weighted by molar-refractivity contribution is 0.414. The van der Waals surface area contributed by atoms with Gasteiger partial charge in [-0.05, 0) is 24.6 Å². The minimum absolute atomic E-state index is 0.613. The third kappa shape index (κ3) is 2.74. The topological polar surface area (TPSA) is 59.9 Å². The second-order valence-corrected chi connectivity index (χ2v) is 3.75. The van der Waals surface area contributed by atoms with Crippen molar-refractivity contribution in [1.29, 1.82) is 0 Å². The van der Waals surface area contributed by atoms with Gasteiger partial charge in [-0.3, -0.25) is 4.98 Å². The zero-order valence-electron chi connectivity index (χ0n) is 10.6. The van der Waals surface area contributed by atoms with Crippen molar-refractivity contribution in [3.8, 4) is 17.1 Å². The van der Waals surface area contributed by atoms with Crippen LogP contribution in [0.4, 0.5) is 5.95 Å². The Morgan fingerprint density at radius 1 is 1.22 bits per heavy atom. The molecular weight excluding hydrogens is 228 g/mol. The van der Waals surface area contributed by atoms with Crippen molar-refractivity contribution in [1.82, 2.24) is 15.0 Å². The van der Waals surface area contributed by atoms with E-state index < -0.39 is 0 Å². The van der Waals surface area contributed by atoms with Gasteiger partial charge in [0.05, 0.1) is 12.8 Å². The lowest BCUT2D eigenvalue weighted by atomic mass is 10.2. The number of aromatic nitrogens is 3. The van der Waals surface area contributed by atoms with Gasteiger partial charge in [0.2, 0.25) is 5.95 Å². The molecule has 5 nitrogen and oxygen atoms in total. The van der Waals surface area contributed by atoms with Crippen LogP contribution in [0, 0.1) is 0 Å². The van der Waals surface area contributed by atoms with Crippen LogP contribution in [0.5, 0.6) is 5.75 Å². The average molecular weight is 244 g/mol. The fourth-order valence-corrected chi connectivity index (χ4v) is 1.56. The van der Waals surface area contributed by atoms with Gasteiger partial charge < -0.3 is 10.1 Å². The fourth-order valence-electron chi connectivity index (χ4n) is 1.56. The summed E-state index contributed by atoms with van der Waals surface area (Å²) in [5.74, 6) is 1.32. The third-order valence-corrected chi connectivity index (χ3v) is 2.42. The Hall–Kier alpha value is -2.17. The van der Waals surface area contributed by atoms with Crippen LogP contribution in [0.15, 0.2) is 30.6 Å². The number of anilines is 1. The fraction of sp³-hybridized carbons (Fsp3) is 0.308. The zero-order valence-corrected chi connectivity index (χ0v) is 10.6. The first-order chi connectivity index (χ1) is 8.85. The van der Waals surface area contributed by atoms with Crippen molar-refractivity contribution < 1.29 is 4.74 Å². The number of ether oxygens (including phenoxy) is 1. The first kappa shape index (κ1) is 12.3. The normalized spacial score (nSPS) is 10.1. The van der Waals surface area contributed by atoms with Crippen LogP contribution < -0.4 is 10.1 Å². The molecular formula is C13H16N4O. The van der Waals surface area contributed by atoms with Crippen LogP contribution in [-0.4, -0.2) is 28.6 Å². The predicted molar refractivity (Wildman–Crippen MR) is 70.6 cm³/mol. The minimum Gasteiger partial charge on any atom is -0.494 e. The van der Waals surface area contributed by atoms with Crippen molar-refractivity contribution in [2.24, 2.45) is 0 Å². The Bertz CT molecular complexity index is 516. The Balaban J connectivity index is 2.32. The molecule has 0 saturated carbocycles. The molecule has 0 radical (unpaired) electrons. The number of rotatable bonds is 5. The molecule has 0 unspecified atom stereocenters. The molecule has 2 heterocycles. The average Bonchev–Trinajstić information content (AvgIpc) is 2.45. The first-order valence-corrected chi connectivity index (χ1v) is 5.91. The highest BCUT2D eigenvalue weighted by atomic mass is 16.5. The molecule has 0 saturated heterocycles. The van der Waals surface area contributed by atoms with Gasteiger partial charge in [-0.1, -0.05) is 6.92 Å². The van der Waals surface area contributed by atoms with Crippen molar-refractivity contribution in [3.63, 3.8) is 0 Å². The van der Waals surface area contributed by atoms with Crippen LogP contribution in [0.25, 0.3) is 11.4 Å².